The zero-order chi connectivity index (χ0) is 13.9. The number of anilines is 2. The standard InChI is InChI=1S/C14H24N4O/c1-5-14(2)6-8-18(9-7-14)13-11(19-4)12(15-3)16-10-17-13/h10H,5-9H2,1-4H3,(H,15,16,17). The van der Waals surface area contributed by atoms with Gasteiger partial charge in [0.25, 0.3) is 0 Å². The molecule has 0 spiro atoms. The second-order valence-corrected chi connectivity index (χ2v) is 5.48. The van der Waals surface area contributed by atoms with Crippen LogP contribution >= 0.6 is 0 Å². The Bertz CT molecular complexity index is 427. The van der Waals surface area contributed by atoms with E-state index in [9.17, 15) is 0 Å². The highest BCUT2D eigenvalue weighted by atomic mass is 16.5. The molecule has 1 aliphatic rings. The van der Waals surface area contributed by atoms with Crippen LogP contribution < -0.4 is 15.0 Å². The van der Waals surface area contributed by atoms with Gasteiger partial charge >= 0.3 is 0 Å². The average molecular weight is 264 g/mol. The Balaban J connectivity index is 2.20. The Hall–Kier alpha value is -1.52. The number of ether oxygens (including phenoxy) is 1. The molecule has 19 heavy (non-hydrogen) atoms. The van der Waals surface area contributed by atoms with E-state index in [1.165, 1.54) is 19.3 Å². The van der Waals surface area contributed by atoms with Crippen molar-refractivity contribution in [3.05, 3.63) is 6.33 Å². The molecule has 106 valence electrons. The Labute approximate surface area is 115 Å². The molecule has 1 N–H and O–H groups in total. The summed E-state index contributed by atoms with van der Waals surface area (Å²) in [6.45, 7) is 6.71. The number of nitrogens with zero attached hydrogens (tertiary/aromatic N) is 3. The molecule has 0 saturated carbocycles. The largest absolute Gasteiger partial charge is 0.490 e. The summed E-state index contributed by atoms with van der Waals surface area (Å²) < 4.78 is 5.47. The third kappa shape index (κ3) is 2.74. The number of rotatable bonds is 4. The molecule has 5 heteroatoms. The Morgan fingerprint density at radius 1 is 1.37 bits per heavy atom. The molecule has 0 amide bonds. The van der Waals surface area contributed by atoms with Crippen LogP contribution in [0.3, 0.4) is 0 Å². The predicted molar refractivity (Wildman–Crippen MR) is 78.0 cm³/mol. The summed E-state index contributed by atoms with van der Waals surface area (Å²) in [7, 11) is 3.52. The van der Waals surface area contributed by atoms with Crippen LogP contribution in [0.5, 0.6) is 5.75 Å². The van der Waals surface area contributed by atoms with Crippen molar-refractivity contribution in [2.24, 2.45) is 5.41 Å². The molecule has 1 aromatic heterocycles. The molecule has 2 heterocycles. The first-order chi connectivity index (χ1) is 9.13. The van der Waals surface area contributed by atoms with E-state index in [1.807, 2.05) is 7.05 Å². The van der Waals surface area contributed by atoms with Crippen molar-refractivity contribution in [3.63, 3.8) is 0 Å². The minimum atomic E-state index is 0.475. The molecule has 1 aliphatic heterocycles. The molecule has 5 nitrogen and oxygen atoms in total. The fourth-order valence-electron chi connectivity index (χ4n) is 2.57. The van der Waals surface area contributed by atoms with Crippen LogP contribution in [0.15, 0.2) is 6.33 Å². The van der Waals surface area contributed by atoms with Gasteiger partial charge in [-0.2, -0.15) is 0 Å². The maximum absolute atomic E-state index is 5.47. The lowest BCUT2D eigenvalue weighted by atomic mass is 9.78. The van der Waals surface area contributed by atoms with Crippen LogP contribution in [0.4, 0.5) is 11.6 Å². The van der Waals surface area contributed by atoms with Crippen LogP contribution in [0.1, 0.15) is 33.1 Å². The number of piperidine rings is 1. The third-order valence-electron chi connectivity index (χ3n) is 4.35. The lowest BCUT2D eigenvalue weighted by molar-refractivity contribution is 0.237. The summed E-state index contributed by atoms with van der Waals surface area (Å²) >= 11 is 0. The number of aromatic nitrogens is 2. The third-order valence-corrected chi connectivity index (χ3v) is 4.35. The molecular formula is C14H24N4O. The highest BCUT2D eigenvalue weighted by Crippen LogP contribution is 2.38. The van der Waals surface area contributed by atoms with E-state index in [4.69, 9.17) is 4.74 Å². The Morgan fingerprint density at radius 2 is 2.05 bits per heavy atom. The lowest BCUT2D eigenvalue weighted by Gasteiger charge is -2.39. The van der Waals surface area contributed by atoms with Gasteiger partial charge < -0.3 is 15.0 Å². The van der Waals surface area contributed by atoms with Gasteiger partial charge in [-0.3, -0.25) is 0 Å². The number of nitrogens with one attached hydrogen (secondary N) is 1. The normalized spacial score (nSPS) is 18.2. The van der Waals surface area contributed by atoms with Crippen LogP contribution in [0.25, 0.3) is 0 Å². The van der Waals surface area contributed by atoms with E-state index >= 15 is 0 Å². The molecule has 1 aromatic rings. The van der Waals surface area contributed by atoms with Crippen LogP contribution in [0.2, 0.25) is 0 Å². The van der Waals surface area contributed by atoms with Gasteiger partial charge in [-0.05, 0) is 18.3 Å². The van der Waals surface area contributed by atoms with Gasteiger partial charge in [0.1, 0.15) is 6.33 Å². The van der Waals surface area contributed by atoms with Gasteiger partial charge in [-0.25, -0.2) is 9.97 Å². The maximum atomic E-state index is 5.47. The highest BCUT2D eigenvalue weighted by molar-refractivity contribution is 5.64. The number of hydrogen-bond donors (Lipinski definition) is 1. The Kier molecular flexibility index (Phi) is 4.12. The first kappa shape index (κ1) is 13.9. The van der Waals surface area contributed by atoms with E-state index < -0.39 is 0 Å². The second kappa shape index (κ2) is 5.63. The molecule has 2 rings (SSSR count). The van der Waals surface area contributed by atoms with E-state index in [0.717, 1.165) is 30.5 Å². The fourth-order valence-corrected chi connectivity index (χ4v) is 2.57. The number of hydrogen-bond acceptors (Lipinski definition) is 5. The minimum absolute atomic E-state index is 0.475. The van der Waals surface area contributed by atoms with Gasteiger partial charge in [-0.1, -0.05) is 20.3 Å². The quantitative estimate of drug-likeness (QED) is 0.905. The smallest absolute Gasteiger partial charge is 0.204 e. The van der Waals surface area contributed by atoms with Gasteiger partial charge in [-0.15, -0.1) is 0 Å². The zero-order valence-corrected chi connectivity index (χ0v) is 12.4. The first-order valence-corrected chi connectivity index (χ1v) is 6.95. The van der Waals surface area contributed by atoms with Crippen LogP contribution in [-0.2, 0) is 0 Å². The van der Waals surface area contributed by atoms with Crippen molar-refractivity contribution in [1.82, 2.24) is 9.97 Å². The lowest BCUT2D eigenvalue weighted by Crippen LogP contribution is -2.39. The summed E-state index contributed by atoms with van der Waals surface area (Å²) in [5, 5.41) is 3.05. The maximum Gasteiger partial charge on any atom is 0.204 e. The summed E-state index contributed by atoms with van der Waals surface area (Å²) in [6, 6.07) is 0. The molecule has 0 aliphatic carbocycles. The van der Waals surface area contributed by atoms with Crippen molar-refractivity contribution in [2.45, 2.75) is 33.1 Å². The average Bonchev–Trinajstić information content (AvgIpc) is 2.47. The molecule has 1 fully saturated rings. The summed E-state index contributed by atoms with van der Waals surface area (Å²) in [4.78, 5) is 10.9. The predicted octanol–water partition coefficient (Wildman–Crippen LogP) is 2.54. The van der Waals surface area contributed by atoms with E-state index in [1.54, 1.807) is 13.4 Å². The molecule has 0 bridgehead atoms. The number of methoxy groups -OCH3 is 1. The fraction of sp³-hybridized carbons (Fsp3) is 0.714. The zero-order valence-electron chi connectivity index (χ0n) is 12.4. The van der Waals surface area contributed by atoms with Crippen molar-refractivity contribution in [3.8, 4) is 5.75 Å². The minimum Gasteiger partial charge on any atom is -0.490 e. The molecule has 1 saturated heterocycles. The highest BCUT2D eigenvalue weighted by Gasteiger charge is 2.30. The molecule has 0 unspecified atom stereocenters. The molecule has 0 aromatic carbocycles. The van der Waals surface area contributed by atoms with Crippen LogP contribution in [-0.4, -0.2) is 37.2 Å². The van der Waals surface area contributed by atoms with Gasteiger partial charge in [0.2, 0.25) is 5.75 Å². The van der Waals surface area contributed by atoms with Crippen LogP contribution in [0, 0.1) is 5.41 Å². The van der Waals surface area contributed by atoms with Crippen molar-refractivity contribution in [2.75, 3.05) is 37.5 Å². The van der Waals surface area contributed by atoms with Gasteiger partial charge in [0.05, 0.1) is 7.11 Å². The first-order valence-electron chi connectivity index (χ1n) is 6.95. The molecule has 0 atom stereocenters. The van der Waals surface area contributed by atoms with Crippen molar-refractivity contribution in [1.29, 1.82) is 0 Å². The summed E-state index contributed by atoms with van der Waals surface area (Å²) in [5.41, 5.74) is 0.475. The molecule has 0 radical (unpaired) electrons. The van der Waals surface area contributed by atoms with E-state index in [2.05, 4.69) is 34.0 Å². The van der Waals surface area contributed by atoms with E-state index in [-0.39, 0.29) is 0 Å². The van der Waals surface area contributed by atoms with Crippen molar-refractivity contribution >= 4 is 11.6 Å². The second-order valence-electron chi connectivity index (χ2n) is 5.48. The van der Waals surface area contributed by atoms with Crippen molar-refractivity contribution < 1.29 is 4.74 Å². The van der Waals surface area contributed by atoms with E-state index in [0.29, 0.717) is 5.41 Å². The summed E-state index contributed by atoms with van der Waals surface area (Å²) in [6.07, 6.45) is 5.23. The monoisotopic (exact) mass is 264 g/mol. The van der Waals surface area contributed by atoms with Gasteiger partial charge in [0, 0.05) is 20.1 Å². The van der Waals surface area contributed by atoms with Gasteiger partial charge in [0.15, 0.2) is 11.6 Å². The summed E-state index contributed by atoms with van der Waals surface area (Å²) in [5.74, 6) is 2.39. The topological polar surface area (TPSA) is 50.3 Å². The molecular weight excluding hydrogens is 240 g/mol. The SMILES string of the molecule is CCC1(C)CCN(c2ncnc(NC)c2OC)CC1. The Morgan fingerprint density at radius 3 is 2.58 bits per heavy atom.